The van der Waals surface area contributed by atoms with E-state index >= 15 is 0 Å². The molecule has 1 amide bonds. The number of carbonyl (C=O) groups excluding carboxylic acids is 1. The van der Waals surface area contributed by atoms with Gasteiger partial charge in [0.15, 0.2) is 0 Å². The van der Waals surface area contributed by atoms with E-state index < -0.39 is 5.41 Å². The van der Waals surface area contributed by atoms with Crippen LogP contribution in [0.5, 0.6) is 0 Å². The molecule has 0 unspecified atom stereocenters. The van der Waals surface area contributed by atoms with Gasteiger partial charge in [-0.3, -0.25) is 9.69 Å². The summed E-state index contributed by atoms with van der Waals surface area (Å²) in [4.78, 5) is 16.7. The molecule has 3 rings (SSSR count). The van der Waals surface area contributed by atoms with Crippen LogP contribution in [0, 0.1) is 17.0 Å². The average Bonchev–Trinajstić information content (AvgIpc) is 2.64. The number of piperazine rings is 1. The normalized spacial score (nSPS) is 16.0. The Bertz CT molecular complexity index is 728. The molecule has 1 heterocycles. The summed E-state index contributed by atoms with van der Waals surface area (Å²) >= 11 is 0. The van der Waals surface area contributed by atoms with Gasteiger partial charge in [0.1, 0.15) is 11.6 Å². The van der Waals surface area contributed by atoms with Crippen LogP contribution in [0.15, 0.2) is 48.5 Å². The summed E-state index contributed by atoms with van der Waals surface area (Å²) < 4.78 is 26.8. The molecule has 1 aliphatic heterocycles. The van der Waals surface area contributed by atoms with Gasteiger partial charge in [-0.25, -0.2) is 8.78 Å². The monoisotopic (exact) mass is 372 g/mol. The minimum Gasteiger partial charge on any atom is -0.340 e. The first-order valence-corrected chi connectivity index (χ1v) is 9.30. The van der Waals surface area contributed by atoms with Crippen molar-refractivity contribution in [3.05, 3.63) is 71.3 Å². The van der Waals surface area contributed by atoms with E-state index in [0.717, 1.165) is 11.1 Å². The number of benzene rings is 2. The zero-order chi connectivity index (χ0) is 19.6. The van der Waals surface area contributed by atoms with Crippen molar-refractivity contribution in [1.29, 1.82) is 0 Å². The van der Waals surface area contributed by atoms with Gasteiger partial charge < -0.3 is 4.90 Å². The van der Waals surface area contributed by atoms with Crippen LogP contribution >= 0.6 is 0 Å². The van der Waals surface area contributed by atoms with E-state index in [2.05, 4.69) is 4.90 Å². The van der Waals surface area contributed by atoms with Crippen molar-refractivity contribution in [1.82, 2.24) is 9.80 Å². The molecule has 0 aromatic heterocycles. The number of carbonyl (C=O) groups is 1. The summed E-state index contributed by atoms with van der Waals surface area (Å²) in [5, 5.41) is 0. The van der Waals surface area contributed by atoms with E-state index in [1.165, 1.54) is 24.3 Å². The molecule has 0 N–H and O–H groups in total. The molecule has 0 bridgehead atoms. The highest BCUT2D eigenvalue weighted by Crippen LogP contribution is 2.30. The maximum atomic E-state index is 13.4. The first-order valence-electron chi connectivity index (χ1n) is 9.30. The fraction of sp³-hybridized carbons (Fsp3) is 0.409. The molecule has 0 radical (unpaired) electrons. The summed E-state index contributed by atoms with van der Waals surface area (Å²) in [6.07, 6.45) is 0. The topological polar surface area (TPSA) is 23.6 Å². The molecule has 1 fully saturated rings. The number of halogens is 2. The lowest BCUT2D eigenvalue weighted by Gasteiger charge is -2.41. The second kappa shape index (κ2) is 7.77. The van der Waals surface area contributed by atoms with Crippen molar-refractivity contribution in [2.45, 2.75) is 26.8 Å². The van der Waals surface area contributed by atoms with Crippen LogP contribution in [-0.2, 0) is 4.79 Å². The van der Waals surface area contributed by atoms with Gasteiger partial charge in [0.2, 0.25) is 5.91 Å². The van der Waals surface area contributed by atoms with Crippen LogP contribution in [0.2, 0.25) is 0 Å². The Balaban J connectivity index is 1.83. The third-order valence-electron chi connectivity index (χ3n) is 4.98. The lowest BCUT2D eigenvalue weighted by atomic mass is 9.93. The number of amides is 1. The second-order valence-electron chi connectivity index (χ2n) is 8.08. The Morgan fingerprint density at radius 1 is 0.815 bits per heavy atom. The molecule has 1 aliphatic rings. The third-order valence-corrected chi connectivity index (χ3v) is 4.98. The predicted molar refractivity (Wildman–Crippen MR) is 102 cm³/mol. The van der Waals surface area contributed by atoms with E-state index in [1.54, 1.807) is 24.3 Å². The van der Waals surface area contributed by atoms with Crippen molar-refractivity contribution < 1.29 is 13.6 Å². The molecule has 5 heteroatoms. The summed E-state index contributed by atoms with van der Waals surface area (Å²) in [5.74, 6) is -0.406. The first-order chi connectivity index (χ1) is 12.8. The summed E-state index contributed by atoms with van der Waals surface area (Å²) in [6, 6.07) is 12.8. The highest BCUT2D eigenvalue weighted by Gasteiger charge is 2.32. The maximum Gasteiger partial charge on any atom is 0.228 e. The number of rotatable bonds is 3. The summed E-state index contributed by atoms with van der Waals surface area (Å²) in [7, 11) is 0. The minimum absolute atomic E-state index is 0.0990. The third kappa shape index (κ3) is 4.53. The van der Waals surface area contributed by atoms with Gasteiger partial charge in [-0.2, -0.15) is 0 Å². The van der Waals surface area contributed by atoms with Gasteiger partial charge >= 0.3 is 0 Å². The molecule has 0 saturated carbocycles. The standard InChI is InChI=1S/C22H26F2N2O/c1-22(2,3)21(27)26-14-12-25(13-15-26)20(16-4-8-18(23)9-5-16)17-6-10-19(24)11-7-17/h4-11,20H,12-15H2,1-3H3. The Labute approximate surface area is 159 Å². The smallest absolute Gasteiger partial charge is 0.228 e. The van der Waals surface area contributed by atoms with Gasteiger partial charge in [-0.05, 0) is 35.4 Å². The minimum atomic E-state index is -0.393. The van der Waals surface area contributed by atoms with E-state index in [1.807, 2.05) is 25.7 Å². The Morgan fingerprint density at radius 2 is 1.22 bits per heavy atom. The molecule has 0 aliphatic carbocycles. The van der Waals surface area contributed by atoms with Crippen LogP contribution in [0.4, 0.5) is 8.78 Å². The van der Waals surface area contributed by atoms with Gasteiger partial charge in [-0.1, -0.05) is 45.0 Å². The molecule has 144 valence electrons. The Kier molecular flexibility index (Phi) is 5.61. The zero-order valence-corrected chi connectivity index (χ0v) is 16.1. The lowest BCUT2D eigenvalue weighted by Crippen LogP contribution is -2.52. The quantitative estimate of drug-likeness (QED) is 0.804. The van der Waals surface area contributed by atoms with Crippen LogP contribution < -0.4 is 0 Å². The molecular weight excluding hydrogens is 346 g/mol. The molecule has 0 spiro atoms. The molecular formula is C22H26F2N2O. The number of hydrogen-bond acceptors (Lipinski definition) is 2. The maximum absolute atomic E-state index is 13.4. The summed E-state index contributed by atoms with van der Waals surface area (Å²) in [5.41, 5.74) is 1.52. The van der Waals surface area contributed by atoms with E-state index in [9.17, 15) is 13.6 Å². The fourth-order valence-electron chi connectivity index (χ4n) is 3.56. The fourth-order valence-corrected chi connectivity index (χ4v) is 3.56. The van der Waals surface area contributed by atoms with Crippen molar-refractivity contribution in [2.24, 2.45) is 5.41 Å². The van der Waals surface area contributed by atoms with Gasteiger partial charge in [0.05, 0.1) is 6.04 Å². The van der Waals surface area contributed by atoms with E-state index in [0.29, 0.717) is 26.2 Å². The SMILES string of the molecule is CC(C)(C)C(=O)N1CCN(C(c2ccc(F)cc2)c2ccc(F)cc2)CC1. The molecule has 0 atom stereocenters. The first kappa shape index (κ1) is 19.5. The molecule has 3 nitrogen and oxygen atoms in total. The van der Waals surface area contributed by atoms with Gasteiger partial charge in [0, 0.05) is 31.6 Å². The molecule has 2 aromatic rings. The van der Waals surface area contributed by atoms with Crippen LogP contribution in [0.1, 0.15) is 37.9 Å². The largest absolute Gasteiger partial charge is 0.340 e. The average molecular weight is 372 g/mol. The molecule has 1 saturated heterocycles. The Morgan fingerprint density at radius 3 is 1.59 bits per heavy atom. The van der Waals surface area contributed by atoms with Gasteiger partial charge in [-0.15, -0.1) is 0 Å². The molecule has 27 heavy (non-hydrogen) atoms. The van der Waals surface area contributed by atoms with Crippen LogP contribution in [0.25, 0.3) is 0 Å². The van der Waals surface area contributed by atoms with Crippen molar-refractivity contribution in [3.8, 4) is 0 Å². The Hall–Kier alpha value is -2.27. The predicted octanol–water partition coefficient (Wildman–Crippen LogP) is 4.24. The van der Waals surface area contributed by atoms with Gasteiger partial charge in [0.25, 0.3) is 0 Å². The van der Waals surface area contributed by atoms with Crippen molar-refractivity contribution >= 4 is 5.91 Å². The number of hydrogen-bond donors (Lipinski definition) is 0. The van der Waals surface area contributed by atoms with E-state index in [4.69, 9.17) is 0 Å². The molecule has 2 aromatic carbocycles. The zero-order valence-electron chi connectivity index (χ0n) is 16.1. The lowest BCUT2D eigenvalue weighted by molar-refractivity contribution is -0.141. The highest BCUT2D eigenvalue weighted by molar-refractivity contribution is 5.81. The summed E-state index contributed by atoms with van der Waals surface area (Å²) in [6.45, 7) is 8.51. The van der Waals surface area contributed by atoms with Crippen LogP contribution in [-0.4, -0.2) is 41.9 Å². The van der Waals surface area contributed by atoms with Crippen molar-refractivity contribution in [2.75, 3.05) is 26.2 Å². The van der Waals surface area contributed by atoms with Crippen molar-refractivity contribution in [3.63, 3.8) is 0 Å². The van der Waals surface area contributed by atoms with Crippen LogP contribution in [0.3, 0.4) is 0 Å². The second-order valence-corrected chi connectivity index (χ2v) is 8.08. The number of nitrogens with zero attached hydrogens (tertiary/aromatic N) is 2. The highest BCUT2D eigenvalue weighted by atomic mass is 19.1. The van der Waals surface area contributed by atoms with E-state index in [-0.39, 0.29) is 23.6 Å².